The van der Waals surface area contributed by atoms with Crippen LogP contribution >= 0.6 is 0 Å². The van der Waals surface area contributed by atoms with E-state index < -0.39 is 12.1 Å². The molecule has 6 heteroatoms. The van der Waals surface area contributed by atoms with Crippen LogP contribution in [0.2, 0.25) is 0 Å². The van der Waals surface area contributed by atoms with Crippen molar-refractivity contribution in [3.05, 3.63) is 60.8 Å². The van der Waals surface area contributed by atoms with Gasteiger partial charge in [-0.25, -0.2) is 0 Å². The molecule has 0 aliphatic carbocycles. The molecule has 0 aliphatic rings. The Morgan fingerprint density at radius 3 is 0.975 bits per heavy atom. The summed E-state index contributed by atoms with van der Waals surface area (Å²) in [5.41, 5.74) is 0. The zero-order valence-corrected chi connectivity index (χ0v) is 52.9. The Kier molecular flexibility index (Phi) is 66.0. The quantitative estimate of drug-likeness (QED) is 0.0320. The first-order valence-electron chi connectivity index (χ1n) is 35.1. The van der Waals surface area contributed by atoms with Gasteiger partial charge >= 0.3 is 5.97 Å². The number of unbranched alkanes of at least 4 members (excludes halogenated alkanes) is 46. The van der Waals surface area contributed by atoms with E-state index >= 15 is 0 Å². The van der Waals surface area contributed by atoms with Gasteiger partial charge in [0.25, 0.3) is 0 Å². The van der Waals surface area contributed by atoms with Gasteiger partial charge < -0.3 is 20.3 Å². The fraction of sp³-hybridized carbons (Fsp3) is 0.836. The molecular weight excluding hydrogens is 971 g/mol. The fourth-order valence-corrected chi connectivity index (χ4v) is 10.6. The van der Waals surface area contributed by atoms with Crippen molar-refractivity contribution in [3.8, 4) is 0 Å². The molecule has 0 aromatic rings. The predicted molar refractivity (Wildman–Crippen MR) is 347 cm³/mol. The SMILES string of the molecule is CCCCCC/C=C\C/C=C\CCCCCCCCCC(=O)OCCCCCCCCCCC/C=C\C/C=C\CCCCCCCCCCCCCCCCCC(=O)NC(CO)C(O)/C=C/CCCCCCCCCCCCC. The number of carbonyl (C=O) groups excluding carboxylic acids is 2. The van der Waals surface area contributed by atoms with E-state index in [1.54, 1.807) is 6.08 Å². The summed E-state index contributed by atoms with van der Waals surface area (Å²) >= 11 is 0. The summed E-state index contributed by atoms with van der Waals surface area (Å²) in [6.45, 7) is 4.89. The highest BCUT2D eigenvalue weighted by molar-refractivity contribution is 5.76. The molecule has 0 fully saturated rings. The highest BCUT2D eigenvalue weighted by Gasteiger charge is 2.18. The third-order valence-corrected chi connectivity index (χ3v) is 16.0. The summed E-state index contributed by atoms with van der Waals surface area (Å²) in [7, 11) is 0. The molecule has 3 N–H and O–H groups in total. The molecule has 0 aromatic carbocycles. The maximum atomic E-state index is 12.5. The molecule has 0 aliphatic heterocycles. The number of rotatable bonds is 65. The average Bonchev–Trinajstić information content (AvgIpc) is 3.45. The number of hydrogen-bond acceptors (Lipinski definition) is 5. The third kappa shape index (κ3) is 64.6. The third-order valence-electron chi connectivity index (χ3n) is 16.0. The van der Waals surface area contributed by atoms with Crippen LogP contribution in [0.15, 0.2) is 60.8 Å². The van der Waals surface area contributed by atoms with Crippen molar-refractivity contribution in [2.24, 2.45) is 0 Å². The number of allylic oxidation sites excluding steroid dienone is 9. The molecule has 0 aromatic heterocycles. The molecule has 0 radical (unpaired) electrons. The van der Waals surface area contributed by atoms with Crippen molar-refractivity contribution in [1.82, 2.24) is 5.32 Å². The molecule has 2 unspecified atom stereocenters. The van der Waals surface area contributed by atoms with Crippen LogP contribution in [0.4, 0.5) is 0 Å². The van der Waals surface area contributed by atoms with Crippen LogP contribution in [0.25, 0.3) is 0 Å². The molecule has 1 amide bonds. The lowest BCUT2D eigenvalue weighted by Gasteiger charge is -2.20. The Labute approximate surface area is 492 Å². The molecule has 0 heterocycles. The molecule has 0 saturated carbocycles. The van der Waals surface area contributed by atoms with E-state index in [0.717, 1.165) is 57.8 Å². The number of carbonyl (C=O) groups is 2. The molecule has 0 saturated heterocycles. The summed E-state index contributed by atoms with van der Waals surface area (Å²) in [6.07, 6.45) is 90.1. The van der Waals surface area contributed by atoms with Gasteiger partial charge in [0, 0.05) is 12.8 Å². The zero-order valence-electron chi connectivity index (χ0n) is 52.9. The second-order valence-corrected chi connectivity index (χ2v) is 23.9. The van der Waals surface area contributed by atoms with Crippen molar-refractivity contribution in [1.29, 1.82) is 0 Å². The van der Waals surface area contributed by atoms with Gasteiger partial charge in [-0.05, 0) is 96.3 Å². The van der Waals surface area contributed by atoms with Crippen molar-refractivity contribution in [2.75, 3.05) is 13.2 Å². The van der Waals surface area contributed by atoms with E-state index in [1.807, 2.05) is 6.08 Å². The van der Waals surface area contributed by atoms with Crippen LogP contribution in [0, 0.1) is 0 Å². The first-order chi connectivity index (χ1) is 39.0. The molecule has 79 heavy (non-hydrogen) atoms. The summed E-state index contributed by atoms with van der Waals surface area (Å²) < 4.78 is 5.50. The van der Waals surface area contributed by atoms with Gasteiger partial charge in [0.2, 0.25) is 5.91 Å². The van der Waals surface area contributed by atoms with Crippen LogP contribution in [-0.2, 0) is 14.3 Å². The van der Waals surface area contributed by atoms with Gasteiger partial charge in [-0.15, -0.1) is 0 Å². The standard InChI is InChI=1S/C73H135NO5/c1-3-5-7-9-11-13-15-17-18-19-36-39-43-47-51-55-59-63-67-73(78)79-68-64-60-56-52-48-44-40-37-34-32-30-28-26-24-22-20-21-23-25-27-29-31-33-35-38-42-46-50-54-58-62-66-72(77)74-70(69-75)71(76)65-61-57-53-49-45-41-16-14-12-10-8-6-4-2/h13,15,18-19,22,24,28,30,61,65,70-71,75-76H,3-12,14,16-17,20-21,23,25-27,29,31-60,62-64,66-69H2,1-2H3,(H,74,77)/b15-13-,19-18-,24-22-,30-28-,65-61+. The highest BCUT2D eigenvalue weighted by Crippen LogP contribution is 2.17. The van der Waals surface area contributed by atoms with Crippen molar-refractivity contribution in [2.45, 2.75) is 379 Å². The maximum absolute atomic E-state index is 12.5. The topological polar surface area (TPSA) is 95.9 Å². The van der Waals surface area contributed by atoms with Gasteiger partial charge in [0.1, 0.15) is 0 Å². The molecule has 0 rings (SSSR count). The number of nitrogens with one attached hydrogen (secondary N) is 1. The lowest BCUT2D eigenvalue weighted by Crippen LogP contribution is -2.45. The maximum Gasteiger partial charge on any atom is 0.305 e. The Balaban J connectivity index is 3.40. The van der Waals surface area contributed by atoms with Gasteiger partial charge in [-0.3, -0.25) is 9.59 Å². The second kappa shape index (κ2) is 68.1. The van der Waals surface area contributed by atoms with Crippen molar-refractivity contribution < 1.29 is 24.5 Å². The molecular formula is C73H135NO5. The summed E-state index contributed by atoms with van der Waals surface area (Å²) in [4.78, 5) is 24.6. The number of hydrogen-bond donors (Lipinski definition) is 3. The molecule has 6 nitrogen and oxygen atoms in total. The van der Waals surface area contributed by atoms with Gasteiger partial charge in [-0.1, -0.05) is 319 Å². The lowest BCUT2D eigenvalue weighted by molar-refractivity contribution is -0.143. The molecule has 462 valence electrons. The fourth-order valence-electron chi connectivity index (χ4n) is 10.6. The number of ether oxygens (including phenoxy) is 1. The van der Waals surface area contributed by atoms with E-state index in [1.165, 1.54) is 283 Å². The van der Waals surface area contributed by atoms with E-state index in [2.05, 4.69) is 67.8 Å². The Bertz CT molecular complexity index is 1370. The minimum Gasteiger partial charge on any atom is -0.466 e. The van der Waals surface area contributed by atoms with Crippen molar-refractivity contribution in [3.63, 3.8) is 0 Å². The first kappa shape index (κ1) is 76.6. The van der Waals surface area contributed by atoms with Crippen LogP contribution in [0.5, 0.6) is 0 Å². The highest BCUT2D eigenvalue weighted by atomic mass is 16.5. The predicted octanol–water partition coefficient (Wildman–Crippen LogP) is 22.6. The van der Waals surface area contributed by atoms with Crippen molar-refractivity contribution >= 4 is 11.9 Å². The first-order valence-corrected chi connectivity index (χ1v) is 35.1. The van der Waals surface area contributed by atoms with Gasteiger partial charge in [0.05, 0.1) is 25.4 Å². The number of amides is 1. The minimum atomic E-state index is -0.844. The van der Waals surface area contributed by atoms with E-state index in [4.69, 9.17) is 4.74 Å². The Hall–Kier alpha value is -2.44. The largest absolute Gasteiger partial charge is 0.466 e. The average molecular weight is 1110 g/mol. The second-order valence-electron chi connectivity index (χ2n) is 23.9. The summed E-state index contributed by atoms with van der Waals surface area (Å²) in [5, 5.41) is 23.1. The smallest absolute Gasteiger partial charge is 0.305 e. The Morgan fingerprint density at radius 2 is 0.633 bits per heavy atom. The van der Waals surface area contributed by atoms with Crippen LogP contribution in [0.3, 0.4) is 0 Å². The van der Waals surface area contributed by atoms with Gasteiger partial charge in [0.15, 0.2) is 0 Å². The van der Waals surface area contributed by atoms with Crippen LogP contribution in [0.1, 0.15) is 367 Å². The van der Waals surface area contributed by atoms with Crippen LogP contribution < -0.4 is 5.32 Å². The minimum absolute atomic E-state index is 0.00533. The molecule has 0 bridgehead atoms. The molecule has 0 spiro atoms. The zero-order chi connectivity index (χ0) is 57.1. The van der Waals surface area contributed by atoms with Crippen LogP contribution in [-0.4, -0.2) is 47.4 Å². The number of aliphatic hydroxyl groups is 2. The number of esters is 1. The summed E-state index contributed by atoms with van der Waals surface area (Å²) in [5.74, 6) is -0.0617. The van der Waals surface area contributed by atoms with Gasteiger partial charge in [-0.2, -0.15) is 0 Å². The van der Waals surface area contributed by atoms with E-state index in [9.17, 15) is 19.8 Å². The lowest BCUT2D eigenvalue weighted by atomic mass is 10.0. The monoisotopic (exact) mass is 1110 g/mol. The number of aliphatic hydroxyl groups excluding tert-OH is 2. The molecule has 2 atom stereocenters. The van der Waals surface area contributed by atoms with E-state index in [0.29, 0.717) is 19.4 Å². The Morgan fingerprint density at radius 1 is 0.354 bits per heavy atom. The van der Waals surface area contributed by atoms with E-state index in [-0.39, 0.29) is 18.5 Å². The summed E-state index contributed by atoms with van der Waals surface area (Å²) in [6, 6.07) is -0.628. The normalized spacial score (nSPS) is 12.9.